The Labute approximate surface area is 188 Å². The number of amides is 1. The normalized spacial score (nSPS) is 11.4. The van der Waals surface area contributed by atoms with Gasteiger partial charge in [-0.25, -0.2) is 4.39 Å². The number of hydrogen-bond donors (Lipinski definition) is 3. The maximum atomic E-state index is 13.5. The van der Waals surface area contributed by atoms with Crippen LogP contribution in [-0.4, -0.2) is 32.1 Å². The van der Waals surface area contributed by atoms with E-state index in [4.69, 9.17) is 10.5 Å². The van der Waals surface area contributed by atoms with E-state index in [0.717, 1.165) is 11.1 Å². The van der Waals surface area contributed by atoms with Gasteiger partial charge in [0.05, 0.1) is 0 Å². The fourth-order valence-electron chi connectivity index (χ4n) is 2.62. The van der Waals surface area contributed by atoms with Gasteiger partial charge in [-0.3, -0.25) is 9.79 Å². The number of rotatable bonds is 8. The molecule has 2 aromatic rings. The van der Waals surface area contributed by atoms with Crippen LogP contribution in [0, 0.1) is 5.82 Å². The Morgan fingerprint density at radius 2 is 1.90 bits per heavy atom. The van der Waals surface area contributed by atoms with E-state index >= 15 is 0 Å². The van der Waals surface area contributed by atoms with Gasteiger partial charge in [0.25, 0.3) is 5.91 Å². The van der Waals surface area contributed by atoms with Gasteiger partial charge in [0, 0.05) is 25.6 Å². The largest absolute Gasteiger partial charge is 0.484 e. The van der Waals surface area contributed by atoms with Crippen LogP contribution in [-0.2, 0) is 16.8 Å². The Balaban J connectivity index is 0.00000420. The summed E-state index contributed by atoms with van der Waals surface area (Å²) >= 11 is 0. The van der Waals surface area contributed by atoms with Gasteiger partial charge in [0.2, 0.25) is 0 Å². The van der Waals surface area contributed by atoms with Crippen LogP contribution < -0.4 is 21.1 Å². The quantitative estimate of drug-likeness (QED) is 0.287. The van der Waals surface area contributed by atoms with Crippen molar-refractivity contribution in [1.29, 1.82) is 0 Å². The van der Waals surface area contributed by atoms with Crippen molar-refractivity contribution < 1.29 is 13.9 Å². The molecule has 0 spiro atoms. The molecule has 0 saturated carbocycles. The van der Waals surface area contributed by atoms with Crippen LogP contribution >= 0.6 is 24.0 Å². The van der Waals surface area contributed by atoms with Crippen molar-refractivity contribution in [2.24, 2.45) is 10.7 Å². The average molecular weight is 514 g/mol. The molecule has 2 rings (SSSR count). The Morgan fingerprint density at radius 1 is 1.17 bits per heavy atom. The summed E-state index contributed by atoms with van der Waals surface area (Å²) in [6, 6.07) is 14.0. The van der Waals surface area contributed by atoms with E-state index in [1.807, 2.05) is 38.1 Å². The molecule has 0 aromatic heterocycles. The van der Waals surface area contributed by atoms with Crippen molar-refractivity contribution >= 4 is 35.8 Å². The molecule has 0 aliphatic heterocycles. The van der Waals surface area contributed by atoms with Crippen LogP contribution in [0.4, 0.5) is 4.39 Å². The number of ether oxygens (including phenoxy) is 1. The maximum Gasteiger partial charge on any atom is 0.255 e. The molecule has 0 bridgehead atoms. The lowest BCUT2D eigenvalue weighted by molar-refractivity contribution is -0.119. The van der Waals surface area contributed by atoms with Crippen LogP contribution in [0.15, 0.2) is 53.5 Å². The highest BCUT2D eigenvalue weighted by Crippen LogP contribution is 2.22. The van der Waals surface area contributed by atoms with Crippen molar-refractivity contribution in [3.05, 3.63) is 65.5 Å². The minimum Gasteiger partial charge on any atom is -0.484 e. The zero-order valence-corrected chi connectivity index (χ0v) is 19.2. The number of halogens is 2. The average Bonchev–Trinajstić information content (AvgIpc) is 2.67. The van der Waals surface area contributed by atoms with Crippen molar-refractivity contribution in [3.63, 3.8) is 0 Å². The molecule has 0 atom stereocenters. The monoisotopic (exact) mass is 514 g/mol. The molecular formula is C21H28FIN4O2. The number of nitrogens with two attached hydrogens (primary N) is 1. The first-order chi connectivity index (χ1) is 13.3. The van der Waals surface area contributed by atoms with E-state index in [2.05, 4.69) is 15.6 Å². The number of aliphatic imine (C=N–C) groups is 1. The third-order valence-corrected chi connectivity index (χ3v) is 4.27. The third kappa shape index (κ3) is 8.26. The molecule has 0 radical (unpaired) electrons. The standard InChI is InChI=1S/C21H27FN4O2.HI/c1-21(2,16-7-5-8-17(22)11-16)14-26-20(24-3)25-12-15-6-4-9-18(10-15)28-13-19(23)27;/h4-11H,12-14H2,1-3H3,(H2,23,27)(H2,24,25,26);1H. The lowest BCUT2D eigenvalue weighted by Crippen LogP contribution is -2.43. The lowest BCUT2D eigenvalue weighted by Gasteiger charge is -2.27. The second kappa shape index (κ2) is 11.6. The molecule has 0 aliphatic rings. The van der Waals surface area contributed by atoms with Crippen molar-refractivity contribution in [3.8, 4) is 5.75 Å². The van der Waals surface area contributed by atoms with E-state index in [1.165, 1.54) is 6.07 Å². The summed E-state index contributed by atoms with van der Waals surface area (Å²) in [7, 11) is 1.69. The summed E-state index contributed by atoms with van der Waals surface area (Å²) in [5.41, 5.74) is 6.70. The first-order valence-corrected chi connectivity index (χ1v) is 9.01. The van der Waals surface area contributed by atoms with Gasteiger partial charge >= 0.3 is 0 Å². The molecule has 4 N–H and O–H groups in total. The minimum absolute atomic E-state index is 0. The summed E-state index contributed by atoms with van der Waals surface area (Å²) < 4.78 is 18.8. The van der Waals surface area contributed by atoms with E-state index in [0.29, 0.717) is 24.8 Å². The number of nitrogens with zero attached hydrogens (tertiary/aromatic N) is 1. The molecule has 8 heteroatoms. The molecule has 1 amide bonds. The number of primary amides is 1. The highest BCUT2D eigenvalue weighted by Gasteiger charge is 2.21. The van der Waals surface area contributed by atoms with Gasteiger partial charge in [0.15, 0.2) is 12.6 Å². The van der Waals surface area contributed by atoms with Gasteiger partial charge in [-0.15, -0.1) is 24.0 Å². The van der Waals surface area contributed by atoms with E-state index in [1.54, 1.807) is 25.2 Å². The fraction of sp³-hybridized carbons (Fsp3) is 0.333. The first-order valence-electron chi connectivity index (χ1n) is 9.01. The molecule has 29 heavy (non-hydrogen) atoms. The Morgan fingerprint density at radius 3 is 2.55 bits per heavy atom. The summed E-state index contributed by atoms with van der Waals surface area (Å²) in [4.78, 5) is 15.1. The number of hydrogen-bond acceptors (Lipinski definition) is 3. The summed E-state index contributed by atoms with van der Waals surface area (Å²) in [5.74, 6) is 0.446. The second-order valence-electron chi connectivity index (χ2n) is 7.08. The molecule has 0 heterocycles. The van der Waals surface area contributed by atoms with Crippen molar-refractivity contribution in [2.45, 2.75) is 25.8 Å². The van der Waals surface area contributed by atoms with Gasteiger partial charge in [0.1, 0.15) is 11.6 Å². The molecule has 2 aromatic carbocycles. The topological polar surface area (TPSA) is 88.7 Å². The molecular weight excluding hydrogens is 486 g/mol. The lowest BCUT2D eigenvalue weighted by atomic mass is 9.84. The summed E-state index contributed by atoms with van der Waals surface area (Å²) in [6.07, 6.45) is 0. The summed E-state index contributed by atoms with van der Waals surface area (Å²) in [6.45, 7) is 5.03. The molecule has 0 unspecified atom stereocenters. The second-order valence-corrected chi connectivity index (χ2v) is 7.08. The fourth-order valence-corrected chi connectivity index (χ4v) is 2.62. The Hall–Kier alpha value is -2.36. The molecule has 0 saturated heterocycles. The van der Waals surface area contributed by atoms with E-state index < -0.39 is 5.91 Å². The number of nitrogens with one attached hydrogen (secondary N) is 2. The van der Waals surface area contributed by atoms with Gasteiger partial charge in [-0.1, -0.05) is 38.1 Å². The maximum absolute atomic E-state index is 13.5. The van der Waals surface area contributed by atoms with Crippen LogP contribution in [0.1, 0.15) is 25.0 Å². The molecule has 0 fully saturated rings. The number of benzene rings is 2. The zero-order chi connectivity index (χ0) is 20.6. The SMILES string of the molecule is CN=C(NCc1cccc(OCC(N)=O)c1)NCC(C)(C)c1cccc(F)c1.I. The van der Waals surface area contributed by atoms with Crippen molar-refractivity contribution in [1.82, 2.24) is 10.6 Å². The number of guanidine groups is 1. The molecule has 158 valence electrons. The highest BCUT2D eigenvalue weighted by molar-refractivity contribution is 14.0. The van der Waals surface area contributed by atoms with Gasteiger partial charge < -0.3 is 21.1 Å². The van der Waals surface area contributed by atoms with E-state index in [-0.39, 0.29) is 41.8 Å². The van der Waals surface area contributed by atoms with E-state index in [9.17, 15) is 9.18 Å². The van der Waals surface area contributed by atoms with Gasteiger partial charge in [-0.2, -0.15) is 0 Å². The first kappa shape index (κ1) is 24.7. The Bertz CT molecular complexity index is 843. The minimum atomic E-state index is -0.519. The molecule has 6 nitrogen and oxygen atoms in total. The van der Waals surface area contributed by atoms with Crippen LogP contribution in [0.25, 0.3) is 0 Å². The highest BCUT2D eigenvalue weighted by atomic mass is 127. The van der Waals surface area contributed by atoms with Gasteiger partial charge in [-0.05, 0) is 35.4 Å². The third-order valence-electron chi connectivity index (χ3n) is 4.27. The predicted molar refractivity (Wildman–Crippen MR) is 124 cm³/mol. The molecule has 0 aliphatic carbocycles. The number of carbonyl (C=O) groups excluding carboxylic acids is 1. The summed E-state index contributed by atoms with van der Waals surface area (Å²) in [5, 5.41) is 6.51. The van der Waals surface area contributed by atoms with Crippen LogP contribution in [0.5, 0.6) is 5.75 Å². The predicted octanol–water partition coefficient (Wildman–Crippen LogP) is 2.95. The zero-order valence-electron chi connectivity index (χ0n) is 16.9. The smallest absolute Gasteiger partial charge is 0.255 e. The van der Waals surface area contributed by atoms with Crippen LogP contribution in [0.2, 0.25) is 0 Å². The van der Waals surface area contributed by atoms with Crippen LogP contribution in [0.3, 0.4) is 0 Å². The van der Waals surface area contributed by atoms with Crippen molar-refractivity contribution in [2.75, 3.05) is 20.2 Å². The Kier molecular flexibility index (Phi) is 9.87. The number of carbonyl (C=O) groups is 1.